The number of amides is 1. The first kappa shape index (κ1) is 21.1. The maximum atomic E-state index is 13.2. The van der Waals surface area contributed by atoms with Gasteiger partial charge in [-0.15, -0.1) is 0 Å². The van der Waals surface area contributed by atoms with E-state index in [1.807, 2.05) is 30.3 Å². The van der Waals surface area contributed by atoms with Gasteiger partial charge in [-0.2, -0.15) is 0 Å². The van der Waals surface area contributed by atoms with Gasteiger partial charge in [0.15, 0.2) is 0 Å². The number of hydrogen-bond acceptors (Lipinski definition) is 4. The van der Waals surface area contributed by atoms with Crippen molar-refractivity contribution in [2.75, 3.05) is 6.54 Å². The lowest BCUT2D eigenvalue weighted by molar-refractivity contribution is -0.124. The third-order valence-electron chi connectivity index (χ3n) is 5.37. The van der Waals surface area contributed by atoms with Crippen LogP contribution in [0.5, 0.6) is 5.75 Å². The van der Waals surface area contributed by atoms with E-state index in [2.05, 4.69) is 10.3 Å². The van der Waals surface area contributed by atoms with Crippen molar-refractivity contribution in [3.05, 3.63) is 111 Å². The van der Waals surface area contributed by atoms with Crippen LogP contribution in [0.2, 0.25) is 0 Å². The van der Waals surface area contributed by atoms with E-state index in [4.69, 9.17) is 0 Å². The Morgan fingerprint density at radius 2 is 1.59 bits per heavy atom. The molecule has 0 bridgehead atoms. The van der Waals surface area contributed by atoms with Gasteiger partial charge in [-0.3, -0.25) is 9.59 Å². The fourth-order valence-electron chi connectivity index (χ4n) is 3.71. The first-order valence-corrected chi connectivity index (χ1v) is 10.4. The maximum absolute atomic E-state index is 13.2. The van der Waals surface area contributed by atoms with Crippen molar-refractivity contribution in [1.29, 1.82) is 0 Å². The molecule has 0 aliphatic heterocycles. The number of aromatic amines is 1. The second-order valence-corrected chi connectivity index (χ2v) is 7.56. The lowest BCUT2D eigenvalue weighted by Crippen LogP contribution is -2.45. The number of rotatable bonds is 7. The van der Waals surface area contributed by atoms with Gasteiger partial charge in [0.05, 0.1) is 10.9 Å². The van der Waals surface area contributed by atoms with Crippen LogP contribution in [0, 0.1) is 0 Å². The molecule has 4 aromatic rings. The molecule has 3 aromatic carbocycles. The molecule has 0 fully saturated rings. The molecule has 3 N–H and O–H groups in total. The lowest BCUT2D eigenvalue weighted by Gasteiger charge is -2.19. The van der Waals surface area contributed by atoms with Crippen molar-refractivity contribution in [1.82, 2.24) is 14.9 Å². The average Bonchev–Trinajstić information content (AvgIpc) is 2.80. The van der Waals surface area contributed by atoms with Crippen LogP contribution in [-0.4, -0.2) is 27.1 Å². The summed E-state index contributed by atoms with van der Waals surface area (Å²) in [4.78, 5) is 41.9. The molecule has 1 heterocycles. The molecule has 1 aromatic heterocycles. The normalized spacial score (nSPS) is 11.9. The van der Waals surface area contributed by atoms with E-state index in [0.29, 0.717) is 23.9 Å². The SMILES string of the molecule is O=C(NCCc1ccc(O)cc1)C(Cc1ccccc1)n1c(=O)[nH]c2ccccc2c1=O. The van der Waals surface area contributed by atoms with Gasteiger partial charge in [-0.05, 0) is 41.8 Å². The number of para-hydroxylation sites is 1. The highest BCUT2D eigenvalue weighted by molar-refractivity contribution is 5.82. The molecule has 0 saturated carbocycles. The quantitative estimate of drug-likeness (QED) is 0.420. The predicted octanol–water partition coefficient (Wildman–Crippen LogP) is 2.54. The number of H-pyrrole nitrogens is 1. The zero-order chi connectivity index (χ0) is 22.5. The van der Waals surface area contributed by atoms with Crippen LogP contribution in [0.3, 0.4) is 0 Å². The van der Waals surface area contributed by atoms with Gasteiger partial charge in [0.25, 0.3) is 5.56 Å². The number of benzene rings is 3. The molecule has 0 aliphatic carbocycles. The average molecular weight is 429 g/mol. The molecule has 1 amide bonds. The molecule has 0 saturated heterocycles. The van der Waals surface area contributed by atoms with E-state index in [1.165, 1.54) is 0 Å². The molecule has 7 heteroatoms. The first-order chi connectivity index (χ1) is 15.5. The van der Waals surface area contributed by atoms with Crippen molar-refractivity contribution < 1.29 is 9.90 Å². The summed E-state index contributed by atoms with van der Waals surface area (Å²) in [5, 5.41) is 12.6. The number of aromatic nitrogens is 2. The Hall–Kier alpha value is -4.13. The number of nitrogens with zero attached hydrogens (tertiary/aromatic N) is 1. The molecule has 1 atom stereocenters. The fraction of sp³-hybridized carbons (Fsp3) is 0.160. The van der Waals surface area contributed by atoms with Crippen LogP contribution in [0.1, 0.15) is 17.2 Å². The number of aromatic hydroxyl groups is 1. The highest BCUT2D eigenvalue weighted by Crippen LogP contribution is 2.14. The largest absolute Gasteiger partial charge is 0.508 e. The molecule has 7 nitrogen and oxygen atoms in total. The number of hydrogen-bond donors (Lipinski definition) is 3. The summed E-state index contributed by atoms with van der Waals surface area (Å²) >= 11 is 0. The Bertz CT molecular complexity index is 1340. The minimum atomic E-state index is -1.00. The molecule has 0 aliphatic rings. The van der Waals surface area contributed by atoms with Gasteiger partial charge in [0, 0.05) is 13.0 Å². The van der Waals surface area contributed by atoms with E-state index in [1.54, 1.807) is 48.5 Å². The number of fused-ring (bicyclic) bond motifs is 1. The molecule has 0 spiro atoms. The lowest BCUT2D eigenvalue weighted by atomic mass is 10.0. The molecule has 32 heavy (non-hydrogen) atoms. The molecular weight excluding hydrogens is 406 g/mol. The summed E-state index contributed by atoms with van der Waals surface area (Å²) in [6.07, 6.45) is 0.750. The number of phenolic OH excluding ortho intramolecular Hbond substituents is 1. The second-order valence-electron chi connectivity index (χ2n) is 7.56. The van der Waals surface area contributed by atoms with E-state index >= 15 is 0 Å². The van der Waals surface area contributed by atoms with Crippen LogP contribution in [0.25, 0.3) is 10.9 Å². The van der Waals surface area contributed by atoms with E-state index in [0.717, 1.165) is 15.7 Å². The van der Waals surface area contributed by atoms with Gasteiger partial charge in [0.1, 0.15) is 11.8 Å². The van der Waals surface area contributed by atoms with Crippen molar-refractivity contribution in [2.45, 2.75) is 18.9 Å². The smallest absolute Gasteiger partial charge is 0.329 e. The molecular formula is C25H23N3O4. The topological polar surface area (TPSA) is 104 Å². The number of carbonyl (C=O) groups is 1. The molecule has 4 rings (SSSR count). The first-order valence-electron chi connectivity index (χ1n) is 10.4. The Labute approximate surface area is 184 Å². The summed E-state index contributed by atoms with van der Waals surface area (Å²) in [6, 6.07) is 21.8. The van der Waals surface area contributed by atoms with Gasteiger partial charge >= 0.3 is 5.69 Å². The zero-order valence-corrected chi connectivity index (χ0v) is 17.3. The van der Waals surface area contributed by atoms with Crippen molar-refractivity contribution in [3.8, 4) is 5.75 Å². The monoisotopic (exact) mass is 429 g/mol. The fourth-order valence-corrected chi connectivity index (χ4v) is 3.71. The number of nitrogens with one attached hydrogen (secondary N) is 2. The van der Waals surface area contributed by atoms with Crippen LogP contribution >= 0.6 is 0 Å². The number of carbonyl (C=O) groups excluding carboxylic acids is 1. The van der Waals surface area contributed by atoms with Crippen LogP contribution in [0.15, 0.2) is 88.5 Å². The summed E-state index contributed by atoms with van der Waals surface area (Å²) < 4.78 is 1.01. The van der Waals surface area contributed by atoms with Gasteiger partial charge in [0.2, 0.25) is 5.91 Å². The predicted molar refractivity (Wildman–Crippen MR) is 123 cm³/mol. The minimum Gasteiger partial charge on any atom is -0.508 e. The van der Waals surface area contributed by atoms with E-state index in [-0.39, 0.29) is 12.2 Å². The van der Waals surface area contributed by atoms with Gasteiger partial charge in [-0.25, -0.2) is 9.36 Å². The number of phenols is 1. The third-order valence-corrected chi connectivity index (χ3v) is 5.37. The highest BCUT2D eigenvalue weighted by atomic mass is 16.3. The van der Waals surface area contributed by atoms with Gasteiger partial charge < -0.3 is 15.4 Å². The Kier molecular flexibility index (Phi) is 6.17. The van der Waals surface area contributed by atoms with Crippen LogP contribution < -0.4 is 16.6 Å². The highest BCUT2D eigenvalue weighted by Gasteiger charge is 2.25. The van der Waals surface area contributed by atoms with Crippen LogP contribution in [0.4, 0.5) is 0 Å². The van der Waals surface area contributed by atoms with Crippen molar-refractivity contribution >= 4 is 16.8 Å². The van der Waals surface area contributed by atoms with Crippen LogP contribution in [-0.2, 0) is 17.6 Å². The summed E-state index contributed by atoms with van der Waals surface area (Å²) in [6.45, 7) is 0.329. The van der Waals surface area contributed by atoms with E-state index < -0.39 is 23.2 Å². The second kappa shape index (κ2) is 9.34. The Morgan fingerprint density at radius 1 is 0.906 bits per heavy atom. The van der Waals surface area contributed by atoms with Gasteiger partial charge in [-0.1, -0.05) is 54.6 Å². The summed E-state index contributed by atoms with van der Waals surface area (Å²) in [5.74, 6) is -0.230. The summed E-state index contributed by atoms with van der Waals surface area (Å²) in [5.41, 5.74) is 1.10. The van der Waals surface area contributed by atoms with E-state index in [9.17, 15) is 19.5 Å². The Balaban J connectivity index is 1.64. The standard InChI is InChI=1S/C25H23N3O4/c29-19-12-10-17(11-13-19)14-15-26-23(30)22(16-18-6-2-1-3-7-18)28-24(31)20-8-4-5-9-21(20)27-25(28)32/h1-13,22,29H,14-16H2,(H,26,30)(H,27,32). The maximum Gasteiger partial charge on any atom is 0.329 e. The molecule has 1 unspecified atom stereocenters. The van der Waals surface area contributed by atoms with Crippen molar-refractivity contribution in [2.24, 2.45) is 0 Å². The minimum absolute atomic E-state index is 0.176. The zero-order valence-electron chi connectivity index (χ0n) is 17.3. The third kappa shape index (κ3) is 4.62. The molecule has 162 valence electrons. The Morgan fingerprint density at radius 3 is 2.34 bits per heavy atom. The molecule has 0 radical (unpaired) electrons. The van der Waals surface area contributed by atoms with Crippen molar-refractivity contribution in [3.63, 3.8) is 0 Å². The summed E-state index contributed by atoms with van der Waals surface area (Å²) in [7, 11) is 0.